The number of carbonyl (C=O) groups excluding carboxylic acids is 1. The number of ether oxygens (including phenoxy) is 3. The van der Waals surface area contributed by atoms with E-state index in [1.165, 1.54) is 11.8 Å². The zero-order valence-corrected chi connectivity index (χ0v) is 21.6. The highest BCUT2D eigenvalue weighted by Crippen LogP contribution is 2.31. The molecule has 36 heavy (non-hydrogen) atoms. The molecular weight excluding hydrogens is 466 g/mol. The van der Waals surface area contributed by atoms with Crippen LogP contribution in [0.4, 0.5) is 10.6 Å². The molecule has 2 aliphatic rings. The van der Waals surface area contributed by atoms with Crippen LogP contribution in [0.1, 0.15) is 46.1 Å². The Morgan fingerprint density at radius 3 is 2.53 bits per heavy atom. The minimum Gasteiger partial charge on any atom is -0.489 e. The van der Waals surface area contributed by atoms with Crippen LogP contribution in [0.25, 0.3) is 0 Å². The topological polar surface area (TPSA) is 112 Å². The van der Waals surface area contributed by atoms with Gasteiger partial charge in [0.2, 0.25) is 0 Å². The molecule has 11 heteroatoms. The average Bonchev–Trinajstić information content (AvgIpc) is 3.33. The number of likely N-dealkylation sites (tertiary alicyclic amines) is 1. The standard InChI is InChI=1S/C25H35N5O6/c1-24(2,3)36-23(31)27(5)19-10-12-28(13-11-19)14-18-6-8-20(9-7-18)34-17-25(4)16-29-15-21(30(32)33)26-22(29)35-25/h6-9,15,19H,10-14,16-17H2,1-5H3. The predicted molar refractivity (Wildman–Crippen MR) is 132 cm³/mol. The summed E-state index contributed by atoms with van der Waals surface area (Å²) in [6, 6.07) is 8.43. The Morgan fingerprint density at radius 2 is 1.94 bits per heavy atom. The van der Waals surface area contributed by atoms with E-state index >= 15 is 0 Å². The summed E-state index contributed by atoms with van der Waals surface area (Å²) >= 11 is 0. The Hall–Kier alpha value is -3.34. The molecule has 3 heterocycles. The van der Waals surface area contributed by atoms with Gasteiger partial charge in [0.15, 0.2) is 5.60 Å². The lowest BCUT2D eigenvalue weighted by Gasteiger charge is -2.37. The molecule has 2 aromatic rings. The van der Waals surface area contributed by atoms with E-state index in [0.717, 1.165) is 38.2 Å². The van der Waals surface area contributed by atoms with Gasteiger partial charge in [-0.25, -0.2) is 4.79 Å². The molecule has 196 valence electrons. The Labute approximate surface area is 211 Å². The van der Waals surface area contributed by atoms with Gasteiger partial charge in [0.05, 0.1) is 6.54 Å². The molecule has 0 N–H and O–H groups in total. The van der Waals surface area contributed by atoms with Gasteiger partial charge >= 0.3 is 17.9 Å². The Balaban J connectivity index is 1.21. The Morgan fingerprint density at radius 1 is 1.28 bits per heavy atom. The number of nitrogens with zero attached hydrogens (tertiary/aromatic N) is 5. The summed E-state index contributed by atoms with van der Waals surface area (Å²) in [5.41, 5.74) is 0.0558. The molecule has 0 bridgehead atoms. The zero-order chi connectivity index (χ0) is 26.1. The first-order valence-corrected chi connectivity index (χ1v) is 12.2. The van der Waals surface area contributed by atoms with Gasteiger partial charge < -0.3 is 29.2 Å². The number of hydrogen-bond donors (Lipinski definition) is 0. The minimum atomic E-state index is -0.646. The van der Waals surface area contributed by atoms with Gasteiger partial charge in [-0.2, -0.15) is 0 Å². The van der Waals surface area contributed by atoms with Crippen LogP contribution in [0.5, 0.6) is 11.8 Å². The Bertz CT molecular complexity index is 1060. The molecule has 4 rings (SSSR count). The van der Waals surface area contributed by atoms with E-state index < -0.39 is 16.1 Å². The fourth-order valence-electron chi connectivity index (χ4n) is 4.49. The molecule has 1 unspecified atom stereocenters. The molecule has 0 aliphatic carbocycles. The van der Waals surface area contributed by atoms with Crippen molar-refractivity contribution in [3.05, 3.63) is 46.1 Å². The van der Waals surface area contributed by atoms with Gasteiger partial charge in [-0.1, -0.05) is 12.1 Å². The van der Waals surface area contributed by atoms with E-state index in [1.807, 2.05) is 46.9 Å². The van der Waals surface area contributed by atoms with Crippen LogP contribution in [-0.2, 0) is 17.8 Å². The predicted octanol–water partition coefficient (Wildman–Crippen LogP) is 3.85. The van der Waals surface area contributed by atoms with Gasteiger partial charge in [0.25, 0.3) is 0 Å². The molecule has 0 radical (unpaired) electrons. The van der Waals surface area contributed by atoms with Crippen LogP contribution >= 0.6 is 0 Å². The Kier molecular flexibility index (Phi) is 7.12. The molecule has 1 atom stereocenters. The van der Waals surface area contributed by atoms with E-state index in [2.05, 4.69) is 22.0 Å². The van der Waals surface area contributed by atoms with Crippen molar-refractivity contribution in [2.75, 3.05) is 26.7 Å². The van der Waals surface area contributed by atoms with Gasteiger partial charge in [-0.15, -0.1) is 0 Å². The average molecular weight is 502 g/mol. The fourth-order valence-corrected chi connectivity index (χ4v) is 4.49. The third-order valence-corrected chi connectivity index (χ3v) is 6.42. The number of nitro groups is 1. The number of piperidine rings is 1. The largest absolute Gasteiger partial charge is 0.489 e. The summed E-state index contributed by atoms with van der Waals surface area (Å²) in [6.45, 7) is 10.9. The molecule has 2 aliphatic heterocycles. The van der Waals surface area contributed by atoms with Crippen molar-refractivity contribution < 1.29 is 23.9 Å². The maximum Gasteiger partial charge on any atom is 0.415 e. The first kappa shape index (κ1) is 25.7. The van der Waals surface area contributed by atoms with Crippen LogP contribution in [0, 0.1) is 10.1 Å². The highest BCUT2D eigenvalue weighted by Gasteiger charge is 2.41. The van der Waals surface area contributed by atoms with Crippen LogP contribution in [0.15, 0.2) is 30.5 Å². The minimum absolute atomic E-state index is 0.189. The monoisotopic (exact) mass is 501 g/mol. The van der Waals surface area contributed by atoms with Crippen LogP contribution in [0.3, 0.4) is 0 Å². The molecule has 1 fully saturated rings. The molecule has 11 nitrogen and oxygen atoms in total. The summed E-state index contributed by atoms with van der Waals surface area (Å²) in [5, 5.41) is 10.9. The molecule has 0 spiro atoms. The van der Waals surface area contributed by atoms with Crippen LogP contribution in [0.2, 0.25) is 0 Å². The molecule has 1 aromatic carbocycles. The number of imidazole rings is 1. The van der Waals surface area contributed by atoms with Gasteiger partial charge in [0, 0.05) is 37.7 Å². The smallest absolute Gasteiger partial charge is 0.415 e. The maximum absolute atomic E-state index is 12.3. The summed E-state index contributed by atoms with van der Waals surface area (Å²) in [4.78, 5) is 30.7. The second kappa shape index (κ2) is 9.96. The number of benzene rings is 1. The second-order valence-corrected chi connectivity index (χ2v) is 10.8. The lowest BCUT2D eigenvalue weighted by Crippen LogP contribution is -2.46. The third-order valence-electron chi connectivity index (χ3n) is 6.42. The van der Waals surface area contributed by atoms with E-state index in [9.17, 15) is 14.9 Å². The van der Waals surface area contributed by atoms with Crippen molar-refractivity contribution in [2.24, 2.45) is 0 Å². The fraction of sp³-hybridized carbons (Fsp3) is 0.600. The molecule has 0 saturated carbocycles. The first-order chi connectivity index (χ1) is 16.9. The highest BCUT2D eigenvalue weighted by molar-refractivity contribution is 5.68. The summed E-state index contributed by atoms with van der Waals surface area (Å²) < 4.78 is 18.9. The first-order valence-electron chi connectivity index (χ1n) is 12.2. The van der Waals surface area contributed by atoms with E-state index in [4.69, 9.17) is 14.2 Å². The summed E-state index contributed by atoms with van der Waals surface area (Å²) in [5.74, 6) is 0.514. The zero-order valence-electron chi connectivity index (χ0n) is 21.6. The van der Waals surface area contributed by atoms with Crippen molar-refractivity contribution in [1.29, 1.82) is 0 Å². The van der Waals surface area contributed by atoms with Crippen LogP contribution < -0.4 is 9.47 Å². The number of rotatable bonds is 7. The molecular formula is C25H35N5O6. The second-order valence-electron chi connectivity index (χ2n) is 10.8. The summed E-state index contributed by atoms with van der Waals surface area (Å²) in [6.07, 6.45) is 2.94. The van der Waals surface area contributed by atoms with Crippen molar-refractivity contribution in [2.45, 2.75) is 70.9 Å². The van der Waals surface area contributed by atoms with Crippen molar-refractivity contribution in [1.82, 2.24) is 19.4 Å². The number of hydrogen-bond acceptors (Lipinski definition) is 8. The summed E-state index contributed by atoms with van der Waals surface area (Å²) in [7, 11) is 1.82. The van der Waals surface area contributed by atoms with Gasteiger partial charge in [-0.05, 0) is 63.2 Å². The van der Waals surface area contributed by atoms with Gasteiger partial charge in [0.1, 0.15) is 24.2 Å². The number of fused-ring (bicyclic) bond motifs is 1. The van der Waals surface area contributed by atoms with E-state index in [1.54, 1.807) is 9.47 Å². The lowest BCUT2D eigenvalue weighted by molar-refractivity contribution is -0.389. The molecule has 1 amide bonds. The maximum atomic E-state index is 12.3. The van der Waals surface area contributed by atoms with Crippen molar-refractivity contribution in [3.8, 4) is 11.8 Å². The molecule has 1 saturated heterocycles. The third kappa shape index (κ3) is 6.26. The number of carbonyl (C=O) groups is 1. The van der Waals surface area contributed by atoms with E-state index in [-0.39, 0.29) is 24.0 Å². The molecule has 1 aromatic heterocycles. The van der Waals surface area contributed by atoms with Crippen LogP contribution in [-0.4, -0.2) is 74.4 Å². The van der Waals surface area contributed by atoms with Crippen molar-refractivity contribution in [3.63, 3.8) is 0 Å². The number of aromatic nitrogens is 2. The normalized spacial score (nSPS) is 20.5. The lowest BCUT2D eigenvalue weighted by atomic mass is 10.0. The van der Waals surface area contributed by atoms with Crippen molar-refractivity contribution >= 4 is 11.9 Å². The highest BCUT2D eigenvalue weighted by atomic mass is 16.6. The SMILES string of the molecule is CN(C(=O)OC(C)(C)C)C1CCN(Cc2ccc(OCC3(C)Cn4cc([N+](=O)[O-])nc4O3)cc2)CC1. The van der Waals surface area contributed by atoms with Gasteiger partial charge in [-0.3, -0.25) is 9.47 Å². The quantitative estimate of drug-likeness (QED) is 0.415. The van der Waals surface area contributed by atoms with E-state index in [0.29, 0.717) is 13.2 Å². The number of amides is 1.